The molecule has 36 heavy (non-hydrogen) atoms. The molecule has 0 spiro atoms. The Hall–Kier alpha value is -4.42. The third-order valence-corrected chi connectivity index (χ3v) is 5.96. The lowest BCUT2D eigenvalue weighted by Gasteiger charge is -2.13. The van der Waals surface area contributed by atoms with Gasteiger partial charge >= 0.3 is 6.01 Å². The summed E-state index contributed by atoms with van der Waals surface area (Å²) in [6.45, 7) is 3.49. The van der Waals surface area contributed by atoms with Crippen LogP contribution in [0.5, 0.6) is 11.8 Å². The summed E-state index contributed by atoms with van der Waals surface area (Å²) in [5, 5.41) is 0.573. The van der Waals surface area contributed by atoms with E-state index in [0.29, 0.717) is 39.1 Å². The maximum absolute atomic E-state index is 15.3. The second kappa shape index (κ2) is 8.98. The molecule has 0 bridgehead atoms. The Labute approximate surface area is 209 Å². The molecule has 0 radical (unpaired) electrons. The summed E-state index contributed by atoms with van der Waals surface area (Å²) in [7, 11) is 1.71. The second-order valence-corrected chi connectivity index (χ2v) is 8.37. The largest absolute Gasteiger partial charge is 0.421 e. The van der Waals surface area contributed by atoms with Crippen LogP contribution in [0.25, 0.3) is 33.4 Å². The summed E-state index contributed by atoms with van der Waals surface area (Å²) >= 11 is 6.47. The minimum absolute atomic E-state index is 0.0151. The molecule has 10 heteroatoms. The van der Waals surface area contributed by atoms with Gasteiger partial charge in [0, 0.05) is 24.5 Å². The number of halogens is 3. The Bertz CT molecular complexity index is 1690. The number of aryl methyl sites for hydroxylation is 3. The van der Waals surface area contributed by atoms with Crippen molar-refractivity contribution in [2.24, 2.45) is 7.05 Å². The van der Waals surface area contributed by atoms with Crippen LogP contribution in [0.15, 0.2) is 42.9 Å². The lowest BCUT2D eigenvalue weighted by molar-refractivity contribution is 0.410. The van der Waals surface area contributed by atoms with Gasteiger partial charge in [-0.05, 0) is 49.2 Å². The van der Waals surface area contributed by atoms with Crippen LogP contribution in [0.1, 0.15) is 17.0 Å². The van der Waals surface area contributed by atoms with Gasteiger partial charge in [-0.2, -0.15) is 4.39 Å². The van der Waals surface area contributed by atoms with E-state index in [1.54, 1.807) is 43.7 Å². The van der Waals surface area contributed by atoms with Crippen molar-refractivity contribution in [1.29, 1.82) is 0 Å². The van der Waals surface area contributed by atoms with E-state index < -0.39 is 11.8 Å². The fraction of sp³-hybridized carbons (Fsp3) is 0.115. The number of nitrogens with zero attached hydrogens (tertiary/aromatic N) is 6. The monoisotopic (exact) mass is 502 g/mol. The Morgan fingerprint density at radius 3 is 2.53 bits per heavy atom. The molecular weight excluding hydrogens is 486 g/mol. The minimum atomic E-state index is -0.767. The molecule has 7 nitrogen and oxygen atoms in total. The molecule has 0 aliphatic rings. The Morgan fingerprint density at radius 1 is 1.03 bits per heavy atom. The van der Waals surface area contributed by atoms with Crippen molar-refractivity contribution in [2.45, 2.75) is 13.8 Å². The van der Waals surface area contributed by atoms with Crippen molar-refractivity contribution in [1.82, 2.24) is 29.5 Å². The zero-order valence-corrected chi connectivity index (χ0v) is 20.1. The van der Waals surface area contributed by atoms with Gasteiger partial charge in [0.1, 0.15) is 22.8 Å². The number of hydrogen-bond acceptors (Lipinski definition) is 6. The molecule has 0 fully saturated rings. The maximum atomic E-state index is 15.3. The van der Waals surface area contributed by atoms with Gasteiger partial charge in [0.05, 0.1) is 16.6 Å². The number of benzene rings is 1. The van der Waals surface area contributed by atoms with E-state index in [0.717, 1.165) is 0 Å². The van der Waals surface area contributed by atoms with E-state index in [4.69, 9.17) is 22.8 Å². The number of pyridine rings is 1. The van der Waals surface area contributed by atoms with E-state index in [1.165, 1.54) is 24.7 Å². The highest BCUT2D eigenvalue weighted by atomic mass is 35.5. The average Bonchev–Trinajstić information content (AvgIpc) is 3.13. The Morgan fingerprint density at radius 2 is 1.83 bits per heavy atom. The summed E-state index contributed by atoms with van der Waals surface area (Å²) in [6.07, 6.45) is 8.24. The highest BCUT2D eigenvalue weighted by molar-refractivity contribution is 6.35. The van der Waals surface area contributed by atoms with E-state index in [2.05, 4.69) is 30.8 Å². The number of fused-ring (bicyclic) bond motifs is 1. The first kappa shape index (κ1) is 23.3. The Balaban J connectivity index is 1.74. The third-order valence-electron chi connectivity index (χ3n) is 5.67. The molecule has 4 aromatic heterocycles. The number of terminal acetylenes is 1. The average molecular weight is 503 g/mol. The molecule has 4 heterocycles. The lowest BCUT2D eigenvalue weighted by Crippen LogP contribution is -2.02. The highest BCUT2D eigenvalue weighted by Crippen LogP contribution is 2.44. The van der Waals surface area contributed by atoms with Crippen molar-refractivity contribution in [2.75, 3.05) is 0 Å². The molecular formula is C26H17ClF2N6O. The van der Waals surface area contributed by atoms with Gasteiger partial charge in [-0.1, -0.05) is 23.6 Å². The van der Waals surface area contributed by atoms with Crippen molar-refractivity contribution >= 4 is 22.6 Å². The number of aromatic nitrogens is 6. The quantitative estimate of drug-likeness (QED) is 0.175. The predicted molar refractivity (Wildman–Crippen MR) is 132 cm³/mol. The first-order chi connectivity index (χ1) is 17.3. The van der Waals surface area contributed by atoms with Gasteiger partial charge in [-0.25, -0.2) is 29.3 Å². The molecule has 1 aromatic carbocycles. The third kappa shape index (κ3) is 3.91. The van der Waals surface area contributed by atoms with Crippen molar-refractivity contribution < 1.29 is 13.5 Å². The normalized spacial score (nSPS) is 11.0. The first-order valence-corrected chi connectivity index (χ1v) is 11.1. The van der Waals surface area contributed by atoms with Crippen LogP contribution in [0.2, 0.25) is 5.15 Å². The van der Waals surface area contributed by atoms with Gasteiger partial charge in [-0.3, -0.25) is 0 Å². The number of hydrogen-bond donors (Lipinski definition) is 0. The van der Waals surface area contributed by atoms with E-state index in [1.807, 2.05) is 0 Å². The van der Waals surface area contributed by atoms with Gasteiger partial charge < -0.3 is 9.30 Å². The topological polar surface area (TPSA) is 78.6 Å². The van der Waals surface area contributed by atoms with Gasteiger partial charge in [0.2, 0.25) is 5.95 Å². The molecule has 0 aliphatic heterocycles. The summed E-state index contributed by atoms with van der Waals surface area (Å²) in [5.41, 5.74) is 3.25. The van der Waals surface area contributed by atoms with Crippen molar-refractivity contribution in [3.63, 3.8) is 0 Å². The van der Waals surface area contributed by atoms with Crippen LogP contribution < -0.4 is 4.74 Å². The first-order valence-electron chi connectivity index (χ1n) is 10.7. The molecule has 0 saturated heterocycles. The summed E-state index contributed by atoms with van der Waals surface area (Å²) < 4.78 is 37.8. The van der Waals surface area contributed by atoms with Crippen LogP contribution in [0.4, 0.5) is 8.78 Å². The minimum Gasteiger partial charge on any atom is -0.421 e. The van der Waals surface area contributed by atoms with Gasteiger partial charge in [0.15, 0.2) is 11.6 Å². The highest BCUT2D eigenvalue weighted by Gasteiger charge is 2.26. The lowest BCUT2D eigenvalue weighted by atomic mass is 9.97. The summed E-state index contributed by atoms with van der Waals surface area (Å²) in [6, 6.07) is 7.66. The zero-order valence-electron chi connectivity index (χ0n) is 19.3. The van der Waals surface area contributed by atoms with E-state index >= 15 is 8.78 Å². The van der Waals surface area contributed by atoms with E-state index in [9.17, 15) is 0 Å². The van der Waals surface area contributed by atoms with Crippen molar-refractivity contribution in [3.8, 4) is 46.5 Å². The van der Waals surface area contributed by atoms with Gasteiger partial charge in [0.25, 0.3) is 0 Å². The Kier molecular flexibility index (Phi) is 5.82. The number of rotatable bonds is 4. The maximum Gasteiger partial charge on any atom is 0.322 e. The fourth-order valence-electron chi connectivity index (χ4n) is 4.10. The summed E-state index contributed by atoms with van der Waals surface area (Å²) in [5.74, 6) is 0.831. The molecule has 178 valence electrons. The molecule has 0 N–H and O–H groups in total. The van der Waals surface area contributed by atoms with Crippen LogP contribution in [-0.2, 0) is 7.05 Å². The summed E-state index contributed by atoms with van der Waals surface area (Å²) in [4.78, 5) is 20.4. The van der Waals surface area contributed by atoms with Crippen LogP contribution in [0, 0.1) is 38.0 Å². The molecule has 5 rings (SSSR count). The van der Waals surface area contributed by atoms with E-state index in [-0.39, 0.29) is 28.2 Å². The van der Waals surface area contributed by atoms with Gasteiger partial charge in [-0.15, -0.1) is 6.42 Å². The molecule has 0 atom stereocenters. The zero-order chi connectivity index (χ0) is 25.6. The molecule has 0 saturated carbocycles. The molecule has 0 amide bonds. The SMILES string of the molecule is C#Cc1cc(C)c(-c2c(-c3ccc(Oc4nccc(C)n4)c(F)c3)c3c(Cl)ncnc3n2C)c(F)n1. The fourth-order valence-corrected chi connectivity index (χ4v) is 4.32. The standard InChI is InChI=1S/C26H17ClF2N6O/c1-5-16-10-13(2)19(24(29)34-16)22-20(21-23(27)31-12-32-25(21)35(22)4)15-6-7-18(17(28)11-15)36-26-30-9-8-14(3)33-26/h1,6-12H,2-4H3. The van der Waals surface area contributed by atoms with Crippen LogP contribution in [-0.4, -0.2) is 29.5 Å². The van der Waals surface area contributed by atoms with Crippen LogP contribution >= 0.6 is 11.6 Å². The molecule has 0 aliphatic carbocycles. The molecule has 0 unspecified atom stereocenters. The second-order valence-electron chi connectivity index (χ2n) is 8.01. The predicted octanol–water partition coefficient (Wildman–Crippen LogP) is 5.81. The van der Waals surface area contributed by atoms with Crippen molar-refractivity contribution in [3.05, 3.63) is 76.7 Å². The molecule has 5 aromatic rings. The van der Waals surface area contributed by atoms with Crippen LogP contribution in [0.3, 0.4) is 0 Å². The smallest absolute Gasteiger partial charge is 0.322 e. The number of ether oxygens (including phenoxy) is 1.